The molecule has 12 heteroatoms. The number of carbonyl (C=O) groups excluding carboxylic acids is 1. The average Bonchev–Trinajstić information content (AvgIpc) is 3.74. The van der Waals surface area contributed by atoms with E-state index in [0.29, 0.717) is 32.0 Å². The van der Waals surface area contributed by atoms with E-state index in [9.17, 15) is 9.90 Å². The van der Waals surface area contributed by atoms with Gasteiger partial charge >= 0.3 is 5.97 Å². The number of aliphatic hydroxyl groups excluding tert-OH is 1. The number of carbonyl (C=O) groups is 1. The van der Waals surface area contributed by atoms with Crippen molar-refractivity contribution in [2.24, 2.45) is 23.7 Å². The summed E-state index contributed by atoms with van der Waals surface area (Å²) in [5.41, 5.74) is 0. The minimum atomic E-state index is -1.83. The van der Waals surface area contributed by atoms with Crippen LogP contribution >= 0.6 is 0 Å². The van der Waals surface area contributed by atoms with Gasteiger partial charge in [-0.2, -0.15) is 0 Å². The van der Waals surface area contributed by atoms with Gasteiger partial charge in [-0.3, -0.25) is 4.79 Å². The number of hydrogen-bond acceptors (Lipinski definition) is 10. The molecular weight excluding hydrogens is 709 g/mol. The number of rotatable bonds is 10. The minimum absolute atomic E-state index is 0. The van der Waals surface area contributed by atoms with E-state index < -0.39 is 22.9 Å². The van der Waals surface area contributed by atoms with Gasteiger partial charge in [0.1, 0.15) is 6.10 Å². The number of aliphatic hydroxyl groups is 1. The van der Waals surface area contributed by atoms with E-state index in [0.717, 1.165) is 58.2 Å². The summed E-state index contributed by atoms with van der Waals surface area (Å²) in [6.45, 7) is 25.6. The average molecular weight is 791 g/mol. The molecule has 4 saturated heterocycles. The second-order valence-electron chi connectivity index (χ2n) is 18.8. The molecule has 0 spiro atoms. The Hall–Kier alpha value is -0.416. The van der Waals surface area contributed by atoms with Gasteiger partial charge in [0.25, 0.3) is 0 Å². The monoisotopic (exact) mass is 791 g/mol. The van der Waals surface area contributed by atoms with Crippen LogP contribution in [0.3, 0.4) is 0 Å². The number of esters is 1. The predicted molar refractivity (Wildman–Crippen MR) is 217 cm³/mol. The first-order valence-electron chi connectivity index (χ1n) is 19.7. The molecule has 6 rings (SSSR count). The Kier molecular flexibility index (Phi) is 18.2. The van der Waals surface area contributed by atoms with E-state index in [1.807, 2.05) is 0 Å². The molecule has 2 aliphatic carbocycles. The highest BCUT2D eigenvalue weighted by atomic mass is 28.4. The van der Waals surface area contributed by atoms with Crippen molar-refractivity contribution < 1.29 is 47.2 Å². The van der Waals surface area contributed by atoms with Gasteiger partial charge in [0.2, 0.25) is 0 Å². The standard InChI is InChI=1S/C19H36O5Si.C19H34O5Si.3CH4/c2*1-19(2,3)25(4,5)22-12-14-13-10-17(20)23-15(13)11-16(14)24-18-8-6-7-9-21-18;;;/h13-18,20H,6-12H2,1-5H3;13-16,18H,6-12H2,1-5H3;3*1H4/t13?,14-,15?,16-,17?,18?;13?,14-,15?,16-,18?;;;/m11.../s1. The molecule has 0 aromatic rings. The van der Waals surface area contributed by atoms with Gasteiger partial charge in [-0.25, -0.2) is 0 Å². The van der Waals surface area contributed by atoms with Crippen molar-refractivity contribution in [2.45, 2.75) is 208 Å². The second kappa shape index (κ2) is 19.8. The highest BCUT2D eigenvalue weighted by Crippen LogP contribution is 2.47. The molecule has 314 valence electrons. The predicted octanol–water partition coefficient (Wildman–Crippen LogP) is 9.44. The highest BCUT2D eigenvalue weighted by molar-refractivity contribution is 6.74. The smallest absolute Gasteiger partial charge is 0.306 e. The van der Waals surface area contributed by atoms with E-state index in [2.05, 4.69) is 67.7 Å². The van der Waals surface area contributed by atoms with E-state index in [1.165, 1.54) is 6.42 Å². The lowest BCUT2D eigenvalue weighted by Gasteiger charge is -2.38. The fourth-order valence-electron chi connectivity index (χ4n) is 7.90. The Balaban J connectivity index is 0.000000347. The van der Waals surface area contributed by atoms with Crippen LogP contribution in [0.4, 0.5) is 0 Å². The van der Waals surface area contributed by atoms with Crippen molar-refractivity contribution in [3.63, 3.8) is 0 Å². The Labute approximate surface area is 326 Å². The van der Waals surface area contributed by atoms with Gasteiger partial charge in [-0.05, 0) is 80.7 Å². The van der Waals surface area contributed by atoms with E-state index in [-0.39, 0.29) is 93.1 Å². The third-order valence-corrected chi connectivity index (χ3v) is 22.2. The topological polar surface area (TPSA) is 111 Å². The molecule has 2 saturated carbocycles. The Morgan fingerprint density at radius 1 is 0.679 bits per heavy atom. The van der Waals surface area contributed by atoms with Crippen molar-refractivity contribution in [2.75, 3.05) is 26.4 Å². The van der Waals surface area contributed by atoms with Crippen LogP contribution in [0.15, 0.2) is 0 Å². The number of fused-ring (bicyclic) bond motifs is 2. The molecule has 7 unspecified atom stereocenters. The van der Waals surface area contributed by atoms with Crippen molar-refractivity contribution in [3.8, 4) is 0 Å². The molecule has 0 aromatic carbocycles. The van der Waals surface area contributed by atoms with Crippen LogP contribution in [0.25, 0.3) is 0 Å². The summed E-state index contributed by atoms with van der Waals surface area (Å²) in [5, 5.41) is 10.3. The molecule has 10 nitrogen and oxygen atoms in total. The highest BCUT2D eigenvalue weighted by Gasteiger charge is 2.53. The zero-order valence-electron chi connectivity index (χ0n) is 32.9. The van der Waals surface area contributed by atoms with Crippen molar-refractivity contribution in [3.05, 3.63) is 0 Å². The summed E-state index contributed by atoms with van der Waals surface area (Å²) >= 11 is 0. The van der Waals surface area contributed by atoms with Gasteiger partial charge in [0.05, 0.1) is 24.7 Å². The van der Waals surface area contributed by atoms with Gasteiger partial charge < -0.3 is 42.4 Å². The summed E-state index contributed by atoms with van der Waals surface area (Å²) < 4.78 is 48.5. The number of ether oxygens (including phenoxy) is 6. The van der Waals surface area contributed by atoms with Gasteiger partial charge in [-0.1, -0.05) is 63.8 Å². The molecule has 53 heavy (non-hydrogen) atoms. The summed E-state index contributed by atoms with van der Waals surface area (Å²) in [6, 6.07) is 0. The molecule has 6 aliphatic rings. The summed E-state index contributed by atoms with van der Waals surface area (Å²) in [7, 11) is -3.63. The molecular formula is C41H82O10Si2. The molecule has 0 aromatic heterocycles. The van der Waals surface area contributed by atoms with Crippen molar-refractivity contribution >= 4 is 22.6 Å². The molecule has 4 heterocycles. The third kappa shape index (κ3) is 12.3. The van der Waals surface area contributed by atoms with Crippen LogP contribution in [0.5, 0.6) is 0 Å². The zero-order valence-corrected chi connectivity index (χ0v) is 34.9. The summed E-state index contributed by atoms with van der Waals surface area (Å²) in [4.78, 5) is 11.7. The largest absolute Gasteiger partial charge is 0.462 e. The van der Waals surface area contributed by atoms with E-state index in [1.54, 1.807) is 0 Å². The minimum Gasteiger partial charge on any atom is -0.462 e. The van der Waals surface area contributed by atoms with Crippen molar-refractivity contribution in [1.29, 1.82) is 0 Å². The maximum atomic E-state index is 11.7. The lowest BCUT2D eigenvalue weighted by Crippen LogP contribution is -2.44. The van der Waals surface area contributed by atoms with Crippen LogP contribution in [0.1, 0.15) is 128 Å². The van der Waals surface area contributed by atoms with Crippen LogP contribution < -0.4 is 0 Å². The number of hydrogen-bond donors (Lipinski definition) is 1. The summed E-state index contributed by atoms with van der Waals surface area (Å²) in [6.07, 6.45) is 8.77. The SMILES string of the molecule is C.C.C.CC(C)(C)[Si](C)(C)OC[C@@H]1C2CC(=O)OC2C[C@H]1OC1CCCCO1.CC(C)(C)[Si](C)(C)OC[C@@H]1C2CC(O)OC2C[C@H]1OC1CCCCO1. The third-order valence-electron chi connectivity index (χ3n) is 13.2. The Morgan fingerprint density at radius 2 is 1.13 bits per heavy atom. The normalized spacial score (nSPS) is 35.8. The molecule has 1 N–H and O–H groups in total. The lowest BCUT2D eigenvalue weighted by atomic mass is 9.93. The second-order valence-corrected chi connectivity index (χ2v) is 28.4. The molecule has 11 atom stereocenters. The first-order chi connectivity index (χ1) is 23.3. The Morgan fingerprint density at radius 3 is 1.57 bits per heavy atom. The fraction of sp³-hybridized carbons (Fsp3) is 0.976. The van der Waals surface area contributed by atoms with Crippen LogP contribution in [0.2, 0.25) is 36.3 Å². The van der Waals surface area contributed by atoms with Gasteiger partial charge in [0, 0.05) is 63.4 Å². The zero-order chi connectivity index (χ0) is 36.5. The molecule has 6 fully saturated rings. The first-order valence-corrected chi connectivity index (χ1v) is 25.5. The van der Waals surface area contributed by atoms with Crippen LogP contribution in [0, 0.1) is 23.7 Å². The quantitative estimate of drug-likeness (QED) is 0.170. The summed E-state index contributed by atoms with van der Waals surface area (Å²) in [5.74, 6) is 0.983. The maximum absolute atomic E-state index is 11.7. The fourth-order valence-corrected chi connectivity index (χ4v) is 9.99. The first kappa shape index (κ1) is 48.7. The molecule has 0 radical (unpaired) electrons. The van der Waals surface area contributed by atoms with Gasteiger partial charge in [0.15, 0.2) is 35.5 Å². The lowest BCUT2D eigenvalue weighted by molar-refractivity contribution is -0.201. The Bertz CT molecular complexity index is 1100. The van der Waals surface area contributed by atoms with Crippen LogP contribution in [-0.4, -0.2) is 97.4 Å². The van der Waals surface area contributed by atoms with E-state index >= 15 is 0 Å². The molecule has 4 aliphatic heterocycles. The maximum Gasteiger partial charge on any atom is 0.306 e. The molecule has 0 bridgehead atoms. The van der Waals surface area contributed by atoms with Gasteiger partial charge in [-0.15, -0.1) is 0 Å². The molecule has 0 amide bonds. The van der Waals surface area contributed by atoms with Crippen LogP contribution in [-0.2, 0) is 42.1 Å². The van der Waals surface area contributed by atoms with E-state index in [4.69, 9.17) is 37.3 Å². The van der Waals surface area contributed by atoms with Crippen molar-refractivity contribution in [1.82, 2.24) is 0 Å².